The van der Waals surface area contributed by atoms with E-state index < -0.39 is 0 Å². The highest BCUT2D eigenvalue weighted by atomic mass is 16.5. The van der Waals surface area contributed by atoms with Crippen molar-refractivity contribution in [2.75, 3.05) is 19.0 Å². The smallest absolute Gasteiger partial charge is 0.322 e. The SMILES string of the molecule is COC(=O)CC1CCCCN1C(=O)Nc1cccc(C)c1. The Balaban J connectivity index is 2.02. The molecule has 0 aliphatic carbocycles. The van der Waals surface area contributed by atoms with Crippen LogP contribution >= 0.6 is 0 Å². The van der Waals surface area contributed by atoms with Crippen LogP contribution in [0, 0.1) is 6.92 Å². The highest BCUT2D eigenvalue weighted by molar-refractivity contribution is 5.90. The first-order valence-electron chi connectivity index (χ1n) is 7.31. The molecule has 21 heavy (non-hydrogen) atoms. The zero-order chi connectivity index (χ0) is 15.2. The minimum atomic E-state index is -0.268. The van der Waals surface area contributed by atoms with Crippen LogP contribution in [0.15, 0.2) is 24.3 Å². The number of nitrogens with one attached hydrogen (secondary N) is 1. The van der Waals surface area contributed by atoms with Crippen molar-refractivity contribution in [1.29, 1.82) is 0 Å². The van der Waals surface area contributed by atoms with Crippen LogP contribution in [0.25, 0.3) is 0 Å². The Morgan fingerprint density at radius 3 is 2.90 bits per heavy atom. The van der Waals surface area contributed by atoms with Crippen LogP contribution in [0.4, 0.5) is 10.5 Å². The van der Waals surface area contributed by atoms with Gasteiger partial charge in [-0.05, 0) is 43.9 Å². The Bertz CT molecular complexity index is 516. The van der Waals surface area contributed by atoms with Gasteiger partial charge in [0.25, 0.3) is 0 Å². The second-order valence-corrected chi connectivity index (χ2v) is 5.42. The van der Waals surface area contributed by atoms with Crippen molar-refractivity contribution in [2.24, 2.45) is 0 Å². The predicted octanol–water partition coefficient (Wildman–Crippen LogP) is 2.94. The number of nitrogens with zero attached hydrogens (tertiary/aromatic N) is 1. The van der Waals surface area contributed by atoms with Gasteiger partial charge in [0.1, 0.15) is 0 Å². The van der Waals surface area contributed by atoms with E-state index in [-0.39, 0.29) is 24.5 Å². The first-order valence-corrected chi connectivity index (χ1v) is 7.31. The fraction of sp³-hybridized carbons (Fsp3) is 0.500. The minimum absolute atomic E-state index is 0.0731. The summed E-state index contributed by atoms with van der Waals surface area (Å²) in [5.41, 5.74) is 1.87. The van der Waals surface area contributed by atoms with E-state index in [0.717, 1.165) is 30.5 Å². The van der Waals surface area contributed by atoms with Gasteiger partial charge in [-0.1, -0.05) is 12.1 Å². The van der Waals surface area contributed by atoms with E-state index in [1.54, 1.807) is 4.90 Å². The molecule has 1 saturated heterocycles. The lowest BCUT2D eigenvalue weighted by Gasteiger charge is -2.35. The van der Waals surface area contributed by atoms with E-state index in [1.165, 1.54) is 7.11 Å². The largest absolute Gasteiger partial charge is 0.469 e. The average molecular weight is 290 g/mol. The first-order chi connectivity index (χ1) is 10.1. The van der Waals surface area contributed by atoms with E-state index in [1.807, 2.05) is 31.2 Å². The quantitative estimate of drug-likeness (QED) is 0.871. The van der Waals surface area contributed by atoms with Gasteiger partial charge in [-0.3, -0.25) is 4.79 Å². The molecule has 1 fully saturated rings. The summed E-state index contributed by atoms with van der Waals surface area (Å²) >= 11 is 0. The maximum absolute atomic E-state index is 12.4. The fourth-order valence-corrected chi connectivity index (χ4v) is 2.67. The van der Waals surface area contributed by atoms with Crippen molar-refractivity contribution in [1.82, 2.24) is 4.90 Å². The number of aryl methyl sites for hydroxylation is 1. The molecule has 1 unspecified atom stereocenters. The lowest BCUT2D eigenvalue weighted by Crippen LogP contribution is -2.46. The van der Waals surface area contributed by atoms with Gasteiger partial charge in [0.15, 0.2) is 0 Å². The van der Waals surface area contributed by atoms with E-state index in [2.05, 4.69) is 5.32 Å². The third-order valence-electron chi connectivity index (χ3n) is 3.79. The van der Waals surface area contributed by atoms with Gasteiger partial charge in [-0.25, -0.2) is 4.79 Å². The van der Waals surface area contributed by atoms with Gasteiger partial charge in [0.05, 0.1) is 13.5 Å². The molecule has 1 aromatic carbocycles. The number of hydrogen-bond donors (Lipinski definition) is 1. The number of ether oxygens (including phenoxy) is 1. The zero-order valence-electron chi connectivity index (χ0n) is 12.6. The fourth-order valence-electron chi connectivity index (χ4n) is 2.67. The minimum Gasteiger partial charge on any atom is -0.469 e. The molecule has 1 aliphatic rings. The number of methoxy groups -OCH3 is 1. The third-order valence-corrected chi connectivity index (χ3v) is 3.79. The third kappa shape index (κ3) is 4.21. The molecule has 1 heterocycles. The lowest BCUT2D eigenvalue weighted by molar-refractivity contribution is -0.142. The van der Waals surface area contributed by atoms with Crippen LogP contribution in [-0.4, -0.2) is 36.6 Å². The van der Waals surface area contributed by atoms with Crippen LogP contribution in [0.1, 0.15) is 31.2 Å². The van der Waals surface area contributed by atoms with Crippen LogP contribution in [-0.2, 0) is 9.53 Å². The summed E-state index contributed by atoms with van der Waals surface area (Å²) in [6, 6.07) is 7.47. The van der Waals surface area contributed by atoms with E-state index in [0.29, 0.717) is 6.54 Å². The van der Waals surface area contributed by atoms with Gasteiger partial charge in [-0.2, -0.15) is 0 Å². The molecular weight excluding hydrogens is 268 g/mol. The summed E-state index contributed by atoms with van der Waals surface area (Å²) in [5.74, 6) is -0.268. The number of carbonyl (C=O) groups is 2. The van der Waals surface area contributed by atoms with Crippen LogP contribution in [0.3, 0.4) is 0 Å². The molecule has 5 heteroatoms. The lowest BCUT2D eigenvalue weighted by atomic mass is 10.00. The zero-order valence-corrected chi connectivity index (χ0v) is 12.6. The number of carbonyl (C=O) groups excluding carboxylic acids is 2. The highest BCUT2D eigenvalue weighted by Crippen LogP contribution is 2.21. The number of hydrogen-bond acceptors (Lipinski definition) is 3. The number of urea groups is 1. The maximum Gasteiger partial charge on any atom is 0.322 e. The standard InChI is InChI=1S/C16H22N2O3/c1-12-6-5-7-13(10-12)17-16(20)18-9-4-3-8-14(18)11-15(19)21-2/h5-7,10,14H,3-4,8-9,11H2,1-2H3,(H,17,20). The number of esters is 1. The summed E-state index contributed by atoms with van der Waals surface area (Å²) in [6.45, 7) is 2.66. The van der Waals surface area contributed by atoms with E-state index in [4.69, 9.17) is 4.74 Å². The maximum atomic E-state index is 12.4. The average Bonchev–Trinajstić information content (AvgIpc) is 2.47. The van der Waals surface area contributed by atoms with Crippen molar-refractivity contribution in [3.63, 3.8) is 0 Å². The molecule has 2 amide bonds. The van der Waals surface area contributed by atoms with Crippen LogP contribution in [0.2, 0.25) is 0 Å². The summed E-state index contributed by atoms with van der Waals surface area (Å²) in [4.78, 5) is 25.6. The van der Waals surface area contributed by atoms with Gasteiger partial charge in [0.2, 0.25) is 0 Å². The molecule has 114 valence electrons. The summed E-state index contributed by atoms with van der Waals surface area (Å²) in [5, 5.41) is 2.91. The monoisotopic (exact) mass is 290 g/mol. The topological polar surface area (TPSA) is 58.6 Å². The molecule has 1 aliphatic heterocycles. The van der Waals surface area contributed by atoms with Crippen molar-refractivity contribution >= 4 is 17.7 Å². The van der Waals surface area contributed by atoms with Gasteiger partial charge < -0.3 is 15.0 Å². The number of likely N-dealkylation sites (tertiary alicyclic amines) is 1. The van der Waals surface area contributed by atoms with Gasteiger partial charge in [-0.15, -0.1) is 0 Å². The Kier molecular flexibility index (Phi) is 5.20. The molecule has 0 spiro atoms. The van der Waals surface area contributed by atoms with Gasteiger partial charge >= 0.3 is 12.0 Å². The first kappa shape index (κ1) is 15.4. The molecule has 1 N–H and O–H groups in total. The van der Waals surface area contributed by atoms with Gasteiger partial charge in [0, 0.05) is 18.3 Å². The van der Waals surface area contributed by atoms with Crippen LogP contribution < -0.4 is 5.32 Å². The molecule has 0 aromatic heterocycles. The molecule has 1 atom stereocenters. The summed E-state index contributed by atoms with van der Waals surface area (Å²) < 4.78 is 4.72. The van der Waals surface area contributed by atoms with Crippen molar-refractivity contribution < 1.29 is 14.3 Å². The Morgan fingerprint density at radius 1 is 1.38 bits per heavy atom. The molecule has 0 radical (unpaired) electrons. The second-order valence-electron chi connectivity index (χ2n) is 5.42. The number of amides is 2. The predicted molar refractivity (Wildman–Crippen MR) is 81.2 cm³/mol. The molecule has 2 rings (SSSR count). The normalized spacial score (nSPS) is 18.2. The number of piperidine rings is 1. The van der Waals surface area contributed by atoms with E-state index in [9.17, 15) is 9.59 Å². The highest BCUT2D eigenvalue weighted by Gasteiger charge is 2.28. The molecule has 0 bridgehead atoms. The Labute approximate surface area is 125 Å². The summed E-state index contributed by atoms with van der Waals surface area (Å²) in [6.07, 6.45) is 3.11. The van der Waals surface area contributed by atoms with Crippen molar-refractivity contribution in [3.05, 3.63) is 29.8 Å². The van der Waals surface area contributed by atoms with E-state index >= 15 is 0 Å². The number of benzene rings is 1. The summed E-state index contributed by atoms with van der Waals surface area (Å²) in [7, 11) is 1.38. The Hall–Kier alpha value is -2.04. The molecule has 5 nitrogen and oxygen atoms in total. The Morgan fingerprint density at radius 2 is 2.19 bits per heavy atom. The van der Waals surface area contributed by atoms with Crippen molar-refractivity contribution in [2.45, 2.75) is 38.6 Å². The molecule has 1 aromatic rings. The molecular formula is C16H22N2O3. The molecule has 0 saturated carbocycles. The number of anilines is 1. The second kappa shape index (κ2) is 7.11. The van der Waals surface area contributed by atoms with Crippen molar-refractivity contribution in [3.8, 4) is 0 Å². The van der Waals surface area contributed by atoms with Crippen LogP contribution in [0.5, 0.6) is 0 Å². The number of rotatable bonds is 3.